The minimum absolute atomic E-state index is 0.0607. The van der Waals surface area contributed by atoms with Gasteiger partial charge in [-0.1, -0.05) is 102 Å². The lowest BCUT2D eigenvalue weighted by molar-refractivity contribution is -0.132. The molecule has 1 rings (SSSR count). The molecule has 0 aromatic heterocycles. The normalized spacial score (nSPS) is 11.6. The molecule has 0 unspecified atom stereocenters. The third kappa shape index (κ3) is 11.1. The van der Waals surface area contributed by atoms with Gasteiger partial charge in [0.05, 0.1) is 0 Å². The van der Waals surface area contributed by atoms with Crippen molar-refractivity contribution in [1.29, 1.82) is 0 Å². The van der Waals surface area contributed by atoms with Crippen LogP contribution in [0.25, 0.3) is 0 Å². The molecule has 0 saturated heterocycles. The Balaban J connectivity index is 2.11. The van der Waals surface area contributed by atoms with Crippen molar-refractivity contribution in [3.05, 3.63) is 47.0 Å². The van der Waals surface area contributed by atoms with Crippen LogP contribution < -0.4 is 0 Å². The molecule has 0 saturated carbocycles. The highest BCUT2D eigenvalue weighted by Crippen LogP contribution is 2.14. The minimum Gasteiger partial charge on any atom is -0.478 e. The molecule has 0 radical (unpaired) electrons. The van der Waals surface area contributed by atoms with Crippen molar-refractivity contribution >= 4 is 11.8 Å². The van der Waals surface area contributed by atoms with E-state index in [1.165, 1.54) is 95.6 Å². The Bertz CT molecular complexity index is 599. The van der Waals surface area contributed by atoms with Crippen molar-refractivity contribution in [3.8, 4) is 0 Å². The number of carbonyl (C=O) groups is 2. The fraction of sp³-hybridized carbons (Fsp3) is 0.600. The third-order valence-electron chi connectivity index (χ3n) is 5.24. The Kier molecular flexibility index (Phi) is 13.0. The minimum atomic E-state index is -1.06. The van der Waals surface area contributed by atoms with E-state index in [1.807, 2.05) is 12.1 Å². The molecule has 0 bridgehead atoms. The molecule has 3 nitrogen and oxygen atoms in total. The van der Waals surface area contributed by atoms with Gasteiger partial charge in [0.2, 0.25) is 0 Å². The number of aryl methyl sites for hydroxylation is 1. The molecule has 3 heteroatoms. The Morgan fingerprint density at radius 1 is 0.786 bits per heavy atom. The summed E-state index contributed by atoms with van der Waals surface area (Å²) < 4.78 is 0. The second-order valence-corrected chi connectivity index (χ2v) is 7.83. The van der Waals surface area contributed by atoms with Crippen LogP contribution in [0.1, 0.15) is 107 Å². The fourth-order valence-electron chi connectivity index (χ4n) is 3.35. The number of unbranched alkanes of at least 4 members (excludes halogenated alkanes) is 11. The lowest BCUT2D eigenvalue weighted by atomic mass is 10.0. The third-order valence-corrected chi connectivity index (χ3v) is 5.24. The molecule has 28 heavy (non-hydrogen) atoms. The molecule has 1 aromatic carbocycles. The van der Waals surface area contributed by atoms with Gasteiger partial charge in [-0.25, -0.2) is 4.79 Å². The van der Waals surface area contributed by atoms with E-state index in [0.717, 1.165) is 6.42 Å². The van der Waals surface area contributed by atoms with Gasteiger partial charge in [-0.05, 0) is 31.4 Å². The van der Waals surface area contributed by atoms with E-state index < -0.39 is 5.97 Å². The Hall–Kier alpha value is -1.90. The van der Waals surface area contributed by atoms with E-state index in [0.29, 0.717) is 5.56 Å². The first kappa shape index (κ1) is 24.1. The van der Waals surface area contributed by atoms with Gasteiger partial charge in [-0.3, -0.25) is 4.79 Å². The molecular formula is C25H38O3. The van der Waals surface area contributed by atoms with Crippen LogP contribution in [-0.4, -0.2) is 16.9 Å². The molecule has 1 aromatic rings. The maximum Gasteiger partial charge on any atom is 0.331 e. The van der Waals surface area contributed by atoms with Crippen molar-refractivity contribution in [2.24, 2.45) is 0 Å². The van der Waals surface area contributed by atoms with Crippen molar-refractivity contribution in [3.63, 3.8) is 0 Å². The van der Waals surface area contributed by atoms with Gasteiger partial charge in [-0.2, -0.15) is 0 Å². The second kappa shape index (κ2) is 15.1. The second-order valence-electron chi connectivity index (χ2n) is 7.83. The number of carbonyl (C=O) groups excluding carboxylic acids is 1. The zero-order valence-corrected chi connectivity index (χ0v) is 17.8. The molecular weight excluding hydrogens is 348 g/mol. The number of hydrogen-bond acceptors (Lipinski definition) is 2. The van der Waals surface area contributed by atoms with E-state index in [4.69, 9.17) is 5.11 Å². The number of hydrogen-bond donors (Lipinski definition) is 1. The van der Waals surface area contributed by atoms with Crippen LogP contribution in [0, 0.1) is 0 Å². The molecule has 0 aliphatic heterocycles. The Morgan fingerprint density at radius 3 is 1.71 bits per heavy atom. The lowest BCUT2D eigenvalue weighted by Crippen LogP contribution is -2.02. The monoisotopic (exact) mass is 386 g/mol. The molecule has 0 fully saturated rings. The molecule has 0 atom stereocenters. The predicted molar refractivity (Wildman–Crippen MR) is 117 cm³/mol. The fourth-order valence-corrected chi connectivity index (χ4v) is 3.35. The smallest absolute Gasteiger partial charge is 0.331 e. The number of carboxylic acid groups (broad SMARTS) is 1. The summed E-state index contributed by atoms with van der Waals surface area (Å²) >= 11 is 0. The van der Waals surface area contributed by atoms with Crippen LogP contribution in [0.15, 0.2) is 35.9 Å². The van der Waals surface area contributed by atoms with E-state index in [2.05, 4.69) is 6.92 Å². The van der Waals surface area contributed by atoms with Gasteiger partial charge in [-0.15, -0.1) is 0 Å². The van der Waals surface area contributed by atoms with Crippen molar-refractivity contribution < 1.29 is 14.7 Å². The van der Waals surface area contributed by atoms with Gasteiger partial charge in [0.15, 0.2) is 5.78 Å². The molecule has 0 aliphatic carbocycles. The van der Waals surface area contributed by atoms with Crippen LogP contribution in [0.5, 0.6) is 0 Å². The van der Waals surface area contributed by atoms with E-state index in [9.17, 15) is 9.59 Å². The number of aliphatic carboxylic acids is 1. The van der Waals surface area contributed by atoms with Crippen LogP contribution in [0.2, 0.25) is 0 Å². The standard InChI is InChI=1S/C25H38O3/c1-3-4-5-6-7-8-9-10-11-12-13-14-15-22-16-18-23(19-17-22)24(26)20-21(2)25(27)28/h16-20H,3-15H2,1-2H3,(H,27,28)/b21-20+. The SMILES string of the molecule is CCCCCCCCCCCCCCc1ccc(C(=O)/C=C(\C)C(=O)O)cc1. The number of allylic oxidation sites excluding steroid dienone is 1. The van der Waals surface area contributed by atoms with Gasteiger partial charge in [0, 0.05) is 11.1 Å². The zero-order chi connectivity index (χ0) is 20.6. The molecule has 0 spiro atoms. The van der Waals surface area contributed by atoms with E-state index in [-0.39, 0.29) is 11.4 Å². The van der Waals surface area contributed by atoms with Gasteiger partial charge in [0.1, 0.15) is 0 Å². The molecule has 156 valence electrons. The maximum absolute atomic E-state index is 12.0. The maximum atomic E-state index is 12.0. The van der Waals surface area contributed by atoms with Gasteiger partial charge >= 0.3 is 5.97 Å². The van der Waals surface area contributed by atoms with E-state index >= 15 is 0 Å². The first-order valence-corrected chi connectivity index (χ1v) is 11.1. The first-order valence-electron chi connectivity index (χ1n) is 11.1. The summed E-state index contributed by atoms with van der Waals surface area (Å²) in [5, 5.41) is 8.84. The van der Waals surface area contributed by atoms with Crippen LogP contribution >= 0.6 is 0 Å². The van der Waals surface area contributed by atoms with Crippen LogP contribution in [0.4, 0.5) is 0 Å². The molecule has 0 heterocycles. The van der Waals surface area contributed by atoms with Gasteiger partial charge < -0.3 is 5.11 Å². The average molecular weight is 387 g/mol. The average Bonchev–Trinajstić information content (AvgIpc) is 2.69. The lowest BCUT2D eigenvalue weighted by Gasteiger charge is -2.04. The summed E-state index contributed by atoms with van der Waals surface area (Å²) in [5.41, 5.74) is 1.84. The molecule has 0 amide bonds. The molecule has 1 N–H and O–H groups in total. The predicted octanol–water partition coefficient (Wildman–Crippen LogP) is 7.14. The summed E-state index contributed by atoms with van der Waals surface area (Å²) in [6.45, 7) is 3.70. The highest BCUT2D eigenvalue weighted by atomic mass is 16.4. The Labute approximate surface area is 171 Å². The van der Waals surface area contributed by atoms with Crippen LogP contribution in [0.3, 0.4) is 0 Å². The summed E-state index contributed by atoms with van der Waals surface area (Å²) in [6, 6.07) is 7.55. The molecule has 0 aliphatic rings. The summed E-state index contributed by atoms with van der Waals surface area (Å²) in [4.78, 5) is 22.8. The number of rotatable bonds is 16. The highest BCUT2D eigenvalue weighted by Gasteiger charge is 2.07. The largest absolute Gasteiger partial charge is 0.478 e. The topological polar surface area (TPSA) is 54.4 Å². The summed E-state index contributed by atoms with van der Waals surface area (Å²) in [6.07, 6.45) is 18.4. The van der Waals surface area contributed by atoms with Crippen LogP contribution in [-0.2, 0) is 11.2 Å². The summed E-state index contributed by atoms with van der Waals surface area (Å²) in [5.74, 6) is -1.31. The number of carboxylic acids is 1. The number of benzene rings is 1. The summed E-state index contributed by atoms with van der Waals surface area (Å²) in [7, 11) is 0. The van der Waals surface area contributed by atoms with E-state index in [1.54, 1.807) is 12.1 Å². The quantitative estimate of drug-likeness (QED) is 0.186. The zero-order valence-electron chi connectivity index (χ0n) is 17.8. The number of ketones is 1. The van der Waals surface area contributed by atoms with Gasteiger partial charge in [0.25, 0.3) is 0 Å². The van der Waals surface area contributed by atoms with Crippen molar-refractivity contribution in [2.75, 3.05) is 0 Å². The first-order chi connectivity index (χ1) is 13.5. The van der Waals surface area contributed by atoms with Crippen molar-refractivity contribution in [2.45, 2.75) is 97.3 Å². The van der Waals surface area contributed by atoms with Crippen molar-refractivity contribution in [1.82, 2.24) is 0 Å². The Morgan fingerprint density at radius 2 is 1.25 bits per heavy atom. The highest BCUT2D eigenvalue weighted by molar-refractivity contribution is 6.08.